The summed E-state index contributed by atoms with van der Waals surface area (Å²) in [5.74, 6) is -1.79. The maximum absolute atomic E-state index is 13.2. The molecule has 2 saturated heterocycles. The minimum absolute atomic E-state index is 0.133. The zero-order chi connectivity index (χ0) is 18.4. The lowest BCUT2D eigenvalue weighted by Gasteiger charge is -2.46. The van der Waals surface area contributed by atoms with E-state index in [1.165, 1.54) is 0 Å². The highest BCUT2D eigenvalue weighted by Gasteiger charge is 2.64. The molecule has 1 aromatic rings. The average Bonchev–Trinajstić information content (AvgIpc) is 2.80. The number of hydrogen-bond acceptors (Lipinski definition) is 5. The second kappa shape index (κ2) is 6.52. The van der Waals surface area contributed by atoms with Crippen LogP contribution < -0.4 is 0 Å². The van der Waals surface area contributed by atoms with E-state index in [1.807, 2.05) is 11.9 Å². The topological polar surface area (TPSA) is 98.1 Å². The molecule has 1 aromatic carbocycles. The van der Waals surface area contributed by atoms with Crippen molar-refractivity contribution in [1.29, 1.82) is 0 Å². The summed E-state index contributed by atoms with van der Waals surface area (Å²) in [5, 5.41) is 30.0. The van der Waals surface area contributed by atoms with Crippen LogP contribution in [-0.2, 0) is 11.2 Å². The fraction of sp³-hybridized carbons (Fsp3) is 0.579. The number of Topliss-reactive ketones (excluding diaryl/α,β-unsaturated/α-hetero) is 1. The summed E-state index contributed by atoms with van der Waals surface area (Å²) in [6.45, 7) is 1.68. The highest BCUT2D eigenvalue weighted by molar-refractivity contribution is 6.13. The van der Waals surface area contributed by atoms with Crippen LogP contribution in [0.4, 0.5) is 0 Å². The van der Waals surface area contributed by atoms with Gasteiger partial charge in [0.05, 0.1) is 12.2 Å². The molecule has 0 amide bonds. The normalized spacial score (nSPS) is 33.2. The second-order valence-corrected chi connectivity index (χ2v) is 7.42. The van der Waals surface area contributed by atoms with Crippen molar-refractivity contribution in [2.45, 2.75) is 56.9 Å². The van der Waals surface area contributed by atoms with Crippen LogP contribution in [0.1, 0.15) is 42.1 Å². The number of benzene rings is 1. The molecule has 2 aliphatic rings. The fourth-order valence-electron chi connectivity index (χ4n) is 4.57. The second-order valence-electron chi connectivity index (χ2n) is 7.42. The number of carboxylic acid groups (broad SMARTS) is 1. The van der Waals surface area contributed by atoms with Crippen molar-refractivity contribution in [2.24, 2.45) is 5.41 Å². The zero-order valence-corrected chi connectivity index (χ0v) is 14.6. The van der Waals surface area contributed by atoms with E-state index in [4.69, 9.17) is 0 Å². The van der Waals surface area contributed by atoms with Crippen molar-refractivity contribution in [3.8, 4) is 0 Å². The summed E-state index contributed by atoms with van der Waals surface area (Å²) in [6, 6.07) is 6.28. The first-order valence-electron chi connectivity index (χ1n) is 8.73. The molecule has 2 fully saturated rings. The summed E-state index contributed by atoms with van der Waals surface area (Å²) < 4.78 is 0. The predicted molar refractivity (Wildman–Crippen MR) is 91.4 cm³/mol. The summed E-state index contributed by atoms with van der Waals surface area (Å²) in [7, 11) is 1.84. The standard InChI is InChI=1S/C19H25NO5/c1-11(21)9-12-3-5-13(6-4-12)17(23)19(18(24)25)15-8-7-14(20(15)2)10-16(19)22/h3-6,11,14-16,21-22H,7-10H2,1-2H3,(H,24,25)/t11?,14-,15+,16-,19+/m0/s1. The number of aliphatic hydroxyl groups is 2. The van der Waals surface area contributed by atoms with Gasteiger partial charge in [-0.15, -0.1) is 0 Å². The molecule has 3 N–H and O–H groups in total. The quantitative estimate of drug-likeness (QED) is 0.545. The van der Waals surface area contributed by atoms with Gasteiger partial charge in [0.25, 0.3) is 0 Å². The van der Waals surface area contributed by atoms with Gasteiger partial charge in [0, 0.05) is 17.6 Å². The number of carbonyl (C=O) groups excluding carboxylic acids is 1. The molecule has 6 nitrogen and oxygen atoms in total. The van der Waals surface area contributed by atoms with E-state index >= 15 is 0 Å². The summed E-state index contributed by atoms with van der Waals surface area (Å²) in [5.41, 5.74) is -0.666. The molecule has 1 unspecified atom stereocenters. The van der Waals surface area contributed by atoms with Gasteiger partial charge in [-0.2, -0.15) is 0 Å². The monoisotopic (exact) mass is 347 g/mol. The van der Waals surface area contributed by atoms with Crippen LogP contribution in [0.15, 0.2) is 24.3 Å². The van der Waals surface area contributed by atoms with Gasteiger partial charge in [-0.05, 0) is 45.2 Å². The fourth-order valence-corrected chi connectivity index (χ4v) is 4.57. The number of fused-ring (bicyclic) bond motifs is 2. The maximum atomic E-state index is 13.2. The lowest BCUT2D eigenvalue weighted by Crippen LogP contribution is -2.64. The Labute approximate surface area is 147 Å². The number of carboxylic acids is 1. The van der Waals surface area contributed by atoms with E-state index in [0.29, 0.717) is 19.3 Å². The van der Waals surface area contributed by atoms with Crippen molar-refractivity contribution >= 4 is 11.8 Å². The molecule has 0 saturated carbocycles. The van der Waals surface area contributed by atoms with Crippen LogP contribution in [0.3, 0.4) is 0 Å². The van der Waals surface area contributed by atoms with E-state index < -0.39 is 35.4 Å². The van der Waals surface area contributed by atoms with Gasteiger partial charge in [-0.1, -0.05) is 24.3 Å². The van der Waals surface area contributed by atoms with Gasteiger partial charge in [0.15, 0.2) is 11.2 Å². The van der Waals surface area contributed by atoms with Crippen molar-refractivity contribution in [2.75, 3.05) is 7.05 Å². The molecule has 0 spiro atoms. The Balaban J connectivity index is 1.98. The third-order valence-corrected chi connectivity index (χ3v) is 5.86. The first kappa shape index (κ1) is 18.0. The number of hydrogen-bond donors (Lipinski definition) is 3. The predicted octanol–water partition coefficient (Wildman–Crippen LogP) is 1.09. The van der Waals surface area contributed by atoms with Gasteiger partial charge in [0.2, 0.25) is 0 Å². The van der Waals surface area contributed by atoms with Crippen molar-refractivity contribution < 1.29 is 24.9 Å². The molecule has 2 bridgehead atoms. The lowest BCUT2D eigenvalue weighted by atomic mass is 9.67. The molecular weight excluding hydrogens is 322 g/mol. The largest absolute Gasteiger partial charge is 0.480 e. The molecule has 6 heteroatoms. The number of piperidine rings is 1. The van der Waals surface area contributed by atoms with E-state index in [1.54, 1.807) is 31.2 Å². The highest BCUT2D eigenvalue weighted by atomic mass is 16.4. The molecule has 0 radical (unpaired) electrons. The smallest absolute Gasteiger partial charge is 0.321 e. The first-order chi connectivity index (χ1) is 11.8. The first-order valence-corrected chi connectivity index (χ1v) is 8.73. The SMILES string of the molecule is CC(O)Cc1ccc(C(=O)[C@]2(C(=O)O)[C@@H](O)C[C@@H]3CC[C@H]2N3C)cc1. The third-order valence-electron chi connectivity index (χ3n) is 5.86. The minimum Gasteiger partial charge on any atom is -0.480 e. The molecule has 0 aromatic heterocycles. The Hall–Kier alpha value is -1.76. The van der Waals surface area contributed by atoms with Gasteiger partial charge < -0.3 is 15.3 Å². The average molecular weight is 347 g/mol. The van der Waals surface area contributed by atoms with Crippen LogP contribution >= 0.6 is 0 Å². The van der Waals surface area contributed by atoms with Crippen molar-refractivity contribution in [1.82, 2.24) is 4.90 Å². The van der Waals surface area contributed by atoms with Crippen LogP contribution in [0, 0.1) is 5.41 Å². The van der Waals surface area contributed by atoms with E-state index in [0.717, 1.165) is 12.0 Å². The van der Waals surface area contributed by atoms with Crippen LogP contribution in [0.25, 0.3) is 0 Å². The maximum Gasteiger partial charge on any atom is 0.321 e. The van der Waals surface area contributed by atoms with Crippen LogP contribution in [-0.4, -0.2) is 63.3 Å². The summed E-state index contributed by atoms with van der Waals surface area (Å²) >= 11 is 0. The van der Waals surface area contributed by atoms with Crippen molar-refractivity contribution in [3.63, 3.8) is 0 Å². The van der Waals surface area contributed by atoms with Crippen molar-refractivity contribution in [3.05, 3.63) is 35.4 Å². The van der Waals surface area contributed by atoms with E-state index in [-0.39, 0.29) is 11.6 Å². The van der Waals surface area contributed by atoms with Crippen LogP contribution in [0.5, 0.6) is 0 Å². The van der Waals surface area contributed by atoms with Gasteiger partial charge in [-0.25, -0.2) is 0 Å². The Morgan fingerprint density at radius 3 is 2.48 bits per heavy atom. The summed E-state index contributed by atoms with van der Waals surface area (Å²) in [6.07, 6.45) is 0.475. The van der Waals surface area contributed by atoms with Gasteiger partial charge >= 0.3 is 5.97 Å². The van der Waals surface area contributed by atoms with Crippen LogP contribution in [0.2, 0.25) is 0 Å². The number of aliphatic carboxylic acids is 1. The minimum atomic E-state index is -1.83. The Morgan fingerprint density at radius 2 is 1.92 bits per heavy atom. The number of rotatable bonds is 5. The van der Waals surface area contributed by atoms with Gasteiger partial charge in [-0.3, -0.25) is 14.5 Å². The molecule has 0 aliphatic carbocycles. The highest BCUT2D eigenvalue weighted by Crippen LogP contribution is 2.48. The molecule has 2 aliphatic heterocycles. The summed E-state index contributed by atoms with van der Waals surface area (Å²) in [4.78, 5) is 27.4. The van der Waals surface area contributed by atoms with E-state index in [2.05, 4.69) is 0 Å². The molecular formula is C19H25NO5. The number of aliphatic hydroxyl groups excluding tert-OH is 2. The molecule has 5 atom stereocenters. The Morgan fingerprint density at radius 1 is 1.28 bits per heavy atom. The molecule has 136 valence electrons. The van der Waals surface area contributed by atoms with E-state index in [9.17, 15) is 24.9 Å². The lowest BCUT2D eigenvalue weighted by molar-refractivity contribution is -0.161. The number of nitrogens with zero attached hydrogens (tertiary/aromatic N) is 1. The Kier molecular flexibility index (Phi) is 4.70. The Bertz CT molecular complexity index is 671. The number of ketones is 1. The third kappa shape index (κ3) is 2.78. The zero-order valence-electron chi connectivity index (χ0n) is 14.6. The molecule has 3 rings (SSSR count). The van der Waals surface area contributed by atoms with Gasteiger partial charge in [0.1, 0.15) is 0 Å². The number of carbonyl (C=O) groups is 2. The molecule has 2 heterocycles. The molecule has 25 heavy (non-hydrogen) atoms.